The summed E-state index contributed by atoms with van der Waals surface area (Å²) in [6.45, 7) is 6.71. The molecule has 0 fully saturated rings. The Bertz CT molecular complexity index is 386. The zero-order valence-electron chi connectivity index (χ0n) is 10.8. The average molecular weight is 235 g/mol. The molecule has 0 aliphatic heterocycles. The Labute approximate surface area is 103 Å². The molecule has 1 aromatic carbocycles. The number of aromatic hydroxyl groups is 1. The van der Waals surface area contributed by atoms with Crippen LogP contribution in [0.3, 0.4) is 0 Å². The lowest BCUT2D eigenvalue weighted by molar-refractivity contribution is 0.0950. The highest BCUT2D eigenvalue weighted by molar-refractivity contribution is 5.97. The van der Waals surface area contributed by atoms with E-state index in [1.807, 2.05) is 26.0 Å². The highest BCUT2D eigenvalue weighted by Gasteiger charge is 2.15. The van der Waals surface area contributed by atoms with E-state index in [1.165, 1.54) is 0 Å². The van der Waals surface area contributed by atoms with Crippen LogP contribution in [0.25, 0.3) is 0 Å². The van der Waals surface area contributed by atoms with Gasteiger partial charge in [-0.15, -0.1) is 0 Å². The predicted octanol–water partition coefficient (Wildman–Crippen LogP) is 3.05. The van der Waals surface area contributed by atoms with Crippen LogP contribution in [0.1, 0.15) is 55.5 Å². The first kappa shape index (κ1) is 13.6. The van der Waals surface area contributed by atoms with E-state index in [2.05, 4.69) is 12.2 Å². The molecule has 0 saturated heterocycles. The third-order valence-electron chi connectivity index (χ3n) is 2.75. The Morgan fingerprint density at radius 1 is 1.41 bits per heavy atom. The number of carbonyl (C=O) groups is 1. The van der Waals surface area contributed by atoms with Gasteiger partial charge in [0, 0.05) is 6.54 Å². The molecule has 2 N–H and O–H groups in total. The second kappa shape index (κ2) is 6.28. The van der Waals surface area contributed by atoms with Gasteiger partial charge in [0.05, 0.1) is 5.56 Å². The fourth-order valence-electron chi connectivity index (χ4n) is 1.68. The number of amides is 1. The monoisotopic (exact) mass is 235 g/mol. The van der Waals surface area contributed by atoms with E-state index in [9.17, 15) is 9.90 Å². The standard InChI is InChI=1S/C14H21NO2/c1-4-5-9-15-14(17)12-8-6-7-11(10(2)3)13(12)16/h6-8,10,16H,4-5,9H2,1-3H3,(H,15,17). The first-order valence-corrected chi connectivity index (χ1v) is 6.18. The second-order valence-electron chi connectivity index (χ2n) is 4.51. The average Bonchev–Trinajstić information content (AvgIpc) is 2.29. The second-order valence-corrected chi connectivity index (χ2v) is 4.51. The lowest BCUT2D eigenvalue weighted by Crippen LogP contribution is -2.24. The van der Waals surface area contributed by atoms with Gasteiger partial charge in [-0.25, -0.2) is 0 Å². The summed E-state index contributed by atoms with van der Waals surface area (Å²) in [6.07, 6.45) is 1.99. The number of rotatable bonds is 5. The quantitative estimate of drug-likeness (QED) is 0.771. The van der Waals surface area contributed by atoms with Crippen molar-refractivity contribution in [1.29, 1.82) is 0 Å². The van der Waals surface area contributed by atoms with Crippen molar-refractivity contribution in [1.82, 2.24) is 5.32 Å². The van der Waals surface area contributed by atoms with E-state index < -0.39 is 0 Å². The molecule has 17 heavy (non-hydrogen) atoms. The fourth-order valence-corrected chi connectivity index (χ4v) is 1.68. The minimum atomic E-state index is -0.196. The SMILES string of the molecule is CCCCNC(=O)c1cccc(C(C)C)c1O. The van der Waals surface area contributed by atoms with Crippen LogP contribution in [0, 0.1) is 0 Å². The van der Waals surface area contributed by atoms with Gasteiger partial charge in [0.25, 0.3) is 5.91 Å². The fraction of sp³-hybridized carbons (Fsp3) is 0.500. The number of benzene rings is 1. The van der Waals surface area contributed by atoms with Crippen molar-refractivity contribution in [2.45, 2.75) is 39.5 Å². The third kappa shape index (κ3) is 3.48. The Morgan fingerprint density at radius 2 is 2.12 bits per heavy atom. The van der Waals surface area contributed by atoms with E-state index >= 15 is 0 Å². The number of phenols is 1. The van der Waals surface area contributed by atoms with Crippen LogP contribution < -0.4 is 5.32 Å². The number of unbranched alkanes of at least 4 members (excludes halogenated alkanes) is 1. The largest absolute Gasteiger partial charge is 0.507 e. The van der Waals surface area contributed by atoms with Crippen molar-refractivity contribution < 1.29 is 9.90 Å². The van der Waals surface area contributed by atoms with E-state index in [1.54, 1.807) is 6.07 Å². The summed E-state index contributed by atoms with van der Waals surface area (Å²) < 4.78 is 0. The van der Waals surface area contributed by atoms with Gasteiger partial charge in [0.15, 0.2) is 0 Å². The maximum absolute atomic E-state index is 11.8. The number of nitrogens with one attached hydrogen (secondary N) is 1. The summed E-state index contributed by atoms with van der Waals surface area (Å²) >= 11 is 0. The normalized spacial score (nSPS) is 10.6. The van der Waals surface area contributed by atoms with Crippen molar-refractivity contribution >= 4 is 5.91 Å². The van der Waals surface area contributed by atoms with Crippen LogP contribution in [-0.2, 0) is 0 Å². The predicted molar refractivity (Wildman–Crippen MR) is 69.4 cm³/mol. The number of hydrogen-bond acceptors (Lipinski definition) is 2. The minimum Gasteiger partial charge on any atom is -0.507 e. The van der Waals surface area contributed by atoms with Gasteiger partial charge in [0.2, 0.25) is 0 Å². The van der Waals surface area contributed by atoms with Crippen LogP contribution in [0.15, 0.2) is 18.2 Å². The zero-order valence-corrected chi connectivity index (χ0v) is 10.8. The van der Waals surface area contributed by atoms with Crippen LogP contribution in [0.5, 0.6) is 5.75 Å². The van der Waals surface area contributed by atoms with E-state index in [4.69, 9.17) is 0 Å². The van der Waals surface area contributed by atoms with Gasteiger partial charge in [-0.2, -0.15) is 0 Å². The maximum Gasteiger partial charge on any atom is 0.255 e. The van der Waals surface area contributed by atoms with E-state index in [0.717, 1.165) is 18.4 Å². The van der Waals surface area contributed by atoms with Crippen molar-refractivity contribution in [2.24, 2.45) is 0 Å². The van der Waals surface area contributed by atoms with Crippen molar-refractivity contribution in [3.05, 3.63) is 29.3 Å². The van der Waals surface area contributed by atoms with Crippen molar-refractivity contribution in [3.8, 4) is 5.75 Å². The number of para-hydroxylation sites is 1. The first-order chi connectivity index (χ1) is 8.07. The smallest absolute Gasteiger partial charge is 0.255 e. The molecule has 0 spiro atoms. The molecule has 94 valence electrons. The Morgan fingerprint density at radius 3 is 2.71 bits per heavy atom. The van der Waals surface area contributed by atoms with Gasteiger partial charge >= 0.3 is 0 Å². The zero-order chi connectivity index (χ0) is 12.8. The summed E-state index contributed by atoms with van der Waals surface area (Å²) in [6, 6.07) is 5.31. The van der Waals surface area contributed by atoms with E-state index in [-0.39, 0.29) is 17.6 Å². The lowest BCUT2D eigenvalue weighted by Gasteiger charge is -2.12. The number of hydrogen-bond donors (Lipinski definition) is 2. The Kier molecular flexibility index (Phi) is 5.01. The molecule has 3 nitrogen and oxygen atoms in total. The van der Waals surface area contributed by atoms with Gasteiger partial charge in [0.1, 0.15) is 5.75 Å². The molecule has 0 radical (unpaired) electrons. The van der Waals surface area contributed by atoms with Gasteiger partial charge < -0.3 is 10.4 Å². The minimum absolute atomic E-state index is 0.108. The first-order valence-electron chi connectivity index (χ1n) is 6.18. The van der Waals surface area contributed by atoms with Crippen molar-refractivity contribution in [2.75, 3.05) is 6.54 Å². The molecular formula is C14H21NO2. The maximum atomic E-state index is 11.8. The topological polar surface area (TPSA) is 49.3 Å². The molecule has 1 amide bonds. The molecule has 0 bridgehead atoms. The van der Waals surface area contributed by atoms with Crippen LogP contribution >= 0.6 is 0 Å². The summed E-state index contributed by atoms with van der Waals surface area (Å²) in [4.78, 5) is 11.8. The summed E-state index contributed by atoms with van der Waals surface area (Å²) in [5.74, 6) is 0.119. The molecule has 0 unspecified atom stereocenters. The molecule has 1 aromatic rings. The molecule has 0 aromatic heterocycles. The van der Waals surface area contributed by atoms with Gasteiger partial charge in [-0.1, -0.05) is 39.3 Å². The summed E-state index contributed by atoms with van der Waals surface area (Å²) in [5.41, 5.74) is 1.18. The number of phenolic OH excluding ortho intramolecular Hbond substituents is 1. The molecule has 0 heterocycles. The number of carbonyl (C=O) groups excluding carboxylic acids is 1. The van der Waals surface area contributed by atoms with Crippen LogP contribution in [0.4, 0.5) is 0 Å². The molecule has 0 saturated carbocycles. The molecule has 0 aliphatic rings. The Balaban J connectivity index is 2.83. The van der Waals surface area contributed by atoms with E-state index in [0.29, 0.717) is 12.1 Å². The molecule has 3 heteroatoms. The van der Waals surface area contributed by atoms with Gasteiger partial charge in [-0.3, -0.25) is 4.79 Å². The van der Waals surface area contributed by atoms with Gasteiger partial charge in [-0.05, 0) is 24.0 Å². The summed E-state index contributed by atoms with van der Waals surface area (Å²) in [5, 5.41) is 12.8. The molecule has 1 rings (SSSR count). The molecule has 0 aliphatic carbocycles. The third-order valence-corrected chi connectivity index (χ3v) is 2.75. The highest BCUT2D eigenvalue weighted by atomic mass is 16.3. The summed E-state index contributed by atoms with van der Waals surface area (Å²) in [7, 11) is 0. The Hall–Kier alpha value is -1.51. The lowest BCUT2D eigenvalue weighted by atomic mass is 9.99. The highest BCUT2D eigenvalue weighted by Crippen LogP contribution is 2.28. The molecule has 0 atom stereocenters. The molecular weight excluding hydrogens is 214 g/mol. The van der Waals surface area contributed by atoms with Crippen molar-refractivity contribution in [3.63, 3.8) is 0 Å². The van der Waals surface area contributed by atoms with Crippen LogP contribution in [0.2, 0.25) is 0 Å². The van der Waals surface area contributed by atoms with Crippen LogP contribution in [-0.4, -0.2) is 17.6 Å².